The van der Waals surface area contributed by atoms with E-state index in [-0.39, 0.29) is 5.82 Å². The Morgan fingerprint density at radius 3 is 2.34 bits per heavy atom. The van der Waals surface area contributed by atoms with Gasteiger partial charge >= 0.3 is 0 Å². The summed E-state index contributed by atoms with van der Waals surface area (Å²) in [6.45, 7) is 0.616. The van der Waals surface area contributed by atoms with Gasteiger partial charge in [-0.25, -0.2) is 4.98 Å². The monoisotopic (exact) mass is 443 g/mol. The highest BCUT2D eigenvalue weighted by atomic mass is 35.6. The number of rotatable bonds is 5. The molecule has 5 nitrogen and oxygen atoms in total. The third-order valence-electron chi connectivity index (χ3n) is 4.34. The number of halogens is 3. The molecule has 0 spiro atoms. The molecule has 4 aromatic rings. The van der Waals surface area contributed by atoms with Crippen molar-refractivity contribution >= 4 is 51.5 Å². The molecule has 0 aliphatic carbocycles. The molecular formula is C21H16Cl3N5. The Morgan fingerprint density at radius 2 is 1.59 bits per heavy atom. The van der Waals surface area contributed by atoms with Gasteiger partial charge in [0.1, 0.15) is 0 Å². The smallest absolute Gasteiger partial charge is 0.250 e. The Bertz CT molecular complexity index is 1130. The van der Waals surface area contributed by atoms with E-state index in [2.05, 4.69) is 25.3 Å². The number of hydrogen-bond acceptors (Lipinski definition) is 5. The van der Waals surface area contributed by atoms with Crippen molar-refractivity contribution in [2.75, 3.05) is 11.9 Å². The minimum absolute atomic E-state index is 0.0760. The summed E-state index contributed by atoms with van der Waals surface area (Å²) in [7, 11) is 0. The van der Waals surface area contributed by atoms with E-state index in [0.29, 0.717) is 18.3 Å². The van der Waals surface area contributed by atoms with Gasteiger partial charge in [-0.2, -0.15) is 9.97 Å². The predicted molar refractivity (Wildman–Crippen MR) is 118 cm³/mol. The van der Waals surface area contributed by atoms with E-state index in [9.17, 15) is 0 Å². The summed E-state index contributed by atoms with van der Waals surface area (Å²) in [6, 6.07) is 17.9. The van der Waals surface area contributed by atoms with Crippen molar-refractivity contribution in [3.63, 3.8) is 0 Å². The maximum atomic E-state index is 6.06. The van der Waals surface area contributed by atoms with Gasteiger partial charge in [0.25, 0.3) is 0 Å². The maximum Gasteiger partial charge on any atom is 0.250 e. The molecule has 0 radical (unpaired) electrons. The Kier molecular flexibility index (Phi) is 5.81. The fourth-order valence-corrected chi connectivity index (χ4v) is 3.16. The van der Waals surface area contributed by atoms with Crippen LogP contribution in [0.3, 0.4) is 0 Å². The topological polar surface area (TPSA) is 63.6 Å². The normalized spacial score (nSPS) is 11.6. The number of alkyl halides is 3. The van der Waals surface area contributed by atoms with Gasteiger partial charge in [-0.15, -0.1) is 0 Å². The fraction of sp³-hybridized carbons (Fsp3) is 0.143. The van der Waals surface area contributed by atoms with Gasteiger partial charge < -0.3 is 5.32 Å². The molecule has 0 aliphatic heterocycles. The molecule has 0 saturated carbocycles. The first kappa shape index (κ1) is 19.8. The molecular weight excluding hydrogens is 429 g/mol. The first-order valence-electron chi connectivity index (χ1n) is 8.94. The van der Waals surface area contributed by atoms with Gasteiger partial charge in [-0.05, 0) is 41.0 Å². The van der Waals surface area contributed by atoms with Crippen LogP contribution >= 0.6 is 34.8 Å². The number of nitrogens with one attached hydrogen (secondary N) is 1. The average Bonchev–Trinajstić information content (AvgIpc) is 2.73. The highest BCUT2D eigenvalue weighted by molar-refractivity contribution is 6.66. The SMILES string of the molecule is ClC(Cl)(Cl)c1nc(NCCc2ccncc2)nc(-c2ccc3ccccc3c2)n1. The molecule has 4 rings (SSSR count). The van der Waals surface area contributed by atoms with E-state index < -0.39 is 3.79 Å². The van der Waals surface area contributed by atoms with Crippen molar-refractivity contribution in [3.8, 4) is 11.4 Å². The zero-order chi connectivity index (χ0) is 20.3. The quantitative estimate of drug-likeness (QED) is 0.408. The van der Waals surface area contributed by atoms with E-state index in [1.54, 1.807) is 12.4 Å². The molecule has 0 unspecified atom stereocenters. The second-order valence-electron chi connectivity index (χ2n) is 6.40. The molecule has 2 aromatic carbocycles. The largest absolute Gasteiger partial charge is 0.354 e. The van der Waals surface area contributed by atoms with E-state index in [1.165, 1.54) is 0 Å². The third kappa shape index (κ3) is 4.93. The molecule has 146 valence electrons. The van der Waals surface area contributed by atoms with Crippen LogP contribution in [0.25, 0.3) is 22.2 Å². The van der Waals surface area contributed by atoms with Crippen LogP contribution in [-0.4, -0.2) is 26.5 Å². The lowest BCUT2D eigenvalue weighted by Crippen LogP contribution is -2.15. The first-order valence-corrected chi connectivity index (χ1v) is 10.1. The van der Waals surface area contributed by atoms with Gasteiger partial charge in [0.15, 0.2) is 11.6 Å². The predicted octanol–water partition coefficient (Wildman–Crippen LogP) is 5.57. The van der Waals surface area contributed by atoms with Crippen LogP contribution in [0, 0.1) is 0 Å². The third-order valence-corrected chi connectivity index (χ3v) is 4.85. The second-order valence-corrected chi connectivity index (χ2v) is 8.68. The van der Waals surface area contributed by atoms with Crippen LogP contribution in [0.15, 0.2) is 67.0 Å². The van der Waals surface area contributed by atoms with E-state index >= 15 is 0 Å². The van der Waals surface area contributed by atoms with Crippen molar-refractivity contribution in [3.05, 3.63) is 78.4 Å². The van der Waals surface area contributed by atoms with Crippen LogP contribution in [-0.2, 0) is 10.2 Å². The van der Waals surface area contributed by atoms with Crippen molar-refractivity contribution < 1.29 is 0 Å². The van der Waals surface area contributed by atoms with Gasteiger partial charge in [0, 0.05) is 24.5 Å². The zero-order valence-electron chi connectivity index (χ0n) is 15.2. The molecule has 29 heavy (non-hydrogen) atoms. The fourth-order valence-electron chi connectivity index (χ4n) is 2.91. The lowest BCUT2D eigenvalue weighted by atomic mass is 10.1. The van der Waals surface area contributed by atoms with Crippen LogP contribution in [0.5, 0.6) is 0 Å². The Labute approximate surface area is 183 Å². The lowest BCUT2D eigenvalue weighted by molar-refractivity contribution is 0.903. The van der Waals surface area contributed by atoms with Crippen LogP contribution in [0.2, 0.25) is 0 Å². The highest BCUT2D eigenvalue weighted by Crippen LogP contribution is 2.37. The minimum Gasteiger partial charge on any atom is -0.354 e. The summed E-state index contributed by atoms with van der Waals surface area (Å²) < 4.78 is -1.75. The number of pyridine rings is 1. The Hall–Kier alpha value is -2.47. The summed E-state index contributed by atoms with van der Waals surface area (Å²) in [4.78, 5) is 17.2. The van der Waals surface area contributed by atoms with E-state index in [4.69, 9.17) is 34.8 Å². The van der Waals surface area contributed by atoms with Crippen molar-refractivity contribution in [1.29, 1.82) is 0 Å². The number of aromatic nitrogens is 4. The number of hydrogen-bond donors (Lipinski definition) is 1. The maximum absolute atomic E-state index is 6.06. The average molecular weight is 445 g/mol. The van der Waals surface area contributed by atoms with Crippen molar-refractivity contribution in [2.45, 2.75) is 10.2 Å². The Balaban J connectivity index is 1.64. The van der Waals surface area contributed by atoms with Crippen LogP contribution in [0.1, 0.15) is 11.4 Å². The standard InChI is InChI=1S/C21H16Cl3N5/c22-21(23,24)19-27-18(17-6-5-15-3-1-2-4-16(15)13-17)28-20(29-19)26-12-9-14-7-10-25-11-8-14/h1-8,10-11,13H,9,12H2,(H,26,27,28,29). The zero-order valence-corrected chi connectivity index (χ0v) is 17.5. The summed E-state index contributed by atoms with van der Waals surface area (Å²) in [5.74, 6) is 0.879. The van der Waals surface area contributed by atoms with Crippen LogP contribution < -0.4 is 5.32 Å². The molecule has 0 fully saturated rings. The number of benzene rings is 2. The molecule has 0 bridgehead atoms. The number of fused-ring (bicyclic) bond motifs is 1. The molecule has 8 heteroatoms. The first-order chi connectivity index (χ1) is 14.0. The van der Waals surface area contributed by atoms with Crippen molar-refractivity contribution in [2.24, 2.45) is 0 Å². The van der Waals surface area contributed by atoms with E-state index in [1.807, 2.05) is 54.6 Å². The van der Waals surface area contributed by atoms with Gasteiger partial charge in [-0.1, -0.05) is 71.2 Å². The minimum atomic E-state index is -1.75. The van der Waals surface area contributed by atoms with Crippen LogP contribution in [0.4, 0.5) is 5.95 Å². The van der Waals surface area contributed by atoms with E-state index in [0.717, 1.165) is 28.3 Å². The number of anilines is 1. The molecule has 2 aromatic heterocycles. The molecule has 2 heterocycles. The second kappa shape index (κ2) is 8.49. The van der Waals surface area contributed by atoms with Crippen molar-refractivity contribution in [1.82, 2.24) is 19.9 Å². The molecule has 1 N–H and O–H groups in total. The molecule has 0 atom stereocenters. The summed E-state index contributed by atoms with van der Waals surface area (Å²) >= 11 is 18.2. The van der Waals surface area contributed by atoms with Gasteiger partial charge in [0.2, 0.25) is 9.74 Å². The van der Waals surface area contributed by atoms with Gasteiger partial charge in [-0.3, -0.25) is 4.98 Å². The summed E-state index contributed by atoms with van der Waals surface area (Å²) in [5.41, 5.74) is 1.97. The number of nitrogens with zero attached hydrogens (tertiary/aromatic N) is 4. The Morgan fingerprint density at radius 1 is 0.828 bits per heavy atom. The summed E-state index contributed by atoms with van der Waals surface area (Å²) in [6.07, 6.45) is 4.30. The van der Waals surface area contributed by atoms with Gasteiger partial charge in [0.05, 0.1) is 0 Å². The molecule has 0 saturated heterocycles. The molecule has 0 aliphatic rings. The highest BCUT2D eigenvalue weighted by Gasteiger charge is 2.28. The molecule has 0 amide bonds. The summed E-state index contributed by atoms with van der Waals surface area (Å²) in [5, 5.41) is 5.40. The lowest BCUT2D eigenvalue weighted by Gasteiger charge is -2.13.